The van der Waals surface area contributed by atoms with Gasteiger partial charge in [0.1, 0.15) is 0 Å². The highest BCUT2D eigenvalue weighted by molar-refractivity contribution is 5.95. The number of aliphatic imine (C=N–C) groups is 1. The SMILES string of the molecule is CCN(C(=NCCOC)NN)c1ccccc1. The van der Waals surface area contributed by atoms with Crippen molar-refractivity contribution >= 4 is 11.6 Å². The number of ether oxygens (including phenoxy) is 1. The molecule has 5 nitrogen and oxygen atoms in total. The largest absolute Gasteiger partial charge is 0.383 e. The van der Waals surface area contributed by atoms with Gasteiger partial charge in [-0.05, 0) is 19.1 Å². The predicted octanol–water partition coefficient (Wildman–Crippen LogP) is 0.979. The molecule has 0 heterocycles. The van der Waals surface area contributed by atoms with Gasteiger partial charge in [-0.15, -0.1) is 0 Å². The van der Waals surface area contributed by atoms with Crippen molar-refractivity contribution in [3.05, 3.63) is 30.3 Å². The second-order valence-corrected chi connectivity index (χ2v) is 3.42. The van der Waals surface area contributed by atoms with E-state index in [1.165, 1.54) is 0 Å². The number of nitrogens with two attached hydrogens (primary N) is 1. The van der Waals surface area contributed by atoms with E-state index < -0.39 is 0 Å². The molecular weight excluding hydrogens is 216 g/mol. The molecule has 1 aromatic carbocycles. The Morgan fingerprint density at radius 2 is 2.12 bits per heavy atom. The Kier molecular flexibility index (Phi) is 6.06. The highest BCUT2D eigenvalue weighted by Gasteiger charge is 2.09. The van der Waals surface area contributed by atoms with Crippen LogP contribution >= 0.6 is 0 Å². The first-order valence-corrected chi connectivity index (χ1v) is 5.66. The highest BCUT2D eigenvalue weighted by Crippen LogP contribution is 2.12. The third kappa shape index (κ3) is 4.05. The molecule has 3 N–H and O–H groups in total. The second-order valence-electron chi connectivity index (χ2n) is 3.42. The Morgan fingerprint density at radius 3 is 2.65 bits per heavy atom. The molecular formula is C12H20N4O. The van der Waals surface area contributed by atoms with Crippen molar-refractivity contribution in [1.29, 1.82) is 0 Å². The van der Waals surface area contributed by atoms with Crippen LogP contribution in [0.5, 0.6) is 0 Å². The molecule has 0 radical (unpaired) electrons. The molecule has 0 atom stereocenters. The zero-order valence-corrected chi connectivity index (χ0v) is 10.4. The van der Waals surface area contributed by atoms with Gasteiger partial charge in [0.2, 0.25) is 5.96 Å². The summed E-state index contributed by atoms with van der Waals surface area (Å²) in [4.78, 5) is 6.37. The van der Waals surface area contributed by atoms with Crippen LogP contribution in [0.1, 0.15) is 6.92 Å². The third-order valence-electron chi connectivity index (χ3n) is 2.33. The number of guanidine groups is 1. The van der Waals surface area contributed by atoms with Crippen molar-refractivity contribution in [2.45, 2.75) is 6.92 Å². The first-order chi connectivity index (χ1) is 8.33. The number of methoxy groups -OCH3 is 1. The molecule has 94 valence electrons. The second kappa shape index (κ2) is 7.65. The van der Waals surface area contributed by atoms with Crippen molar-refractivity contribution in [3.8, 4) is 0 Å². The van der Waals surface area contributed by atoms with Crippen LogP contribution < -0.4 is 16.2 Å². The minimum absolute atomic E-state index is 0.581. The summed E-state index contributed by atoms with van der Waals surface area (Å²) >= 11 is 0. The average Bonchev–Trinajstić information content (AvgIpc) is 2.39. The van der Waals surface area contributed by atoms with Gasteiger partial charge in [0, 0.05) is 19.3 Å². The molecule has 5 heteroatoms. The van der Waals surface area contributed by atoms with Gasteiger partial charge in [-0.3, -0.25) is 5.43 Å². The number of nitrogens with zero attached hydrogens (tertiary/aromatic N) is 2. The van der Waals surface area contributed by atoms with Gasteiger partial charge in [0.25, 0.3) is 0 Å². The lowest BCUT2D eigenvalue weighted by Gasteiger charge is -2.24. The Balaban J connectivity index is 2.80. The zero-order valence-electron chi connectivity index (χ0n) is 10.4. The van der Waals surface area contributed by atoms with E-state index in [0.717, 1.165) is 12.2 Å². The van der Waals surface area contributed by atoms with Crippen LogP contribution in [0.2, 0.25) is 0 Å². The Hall–Kier alpha value is -1.59. The maximum atomic E-state index is 5.51. The molecule has 0 fully saturated rings. The summed E-state index contributed by atoms with van der Waals surface area (Å²) in [7, 11) is 1.65. The number of anilines is 1. The third-order valence-corrected chi connectivity index (χ3v) is 2.33. The molecule has 0 amide bonds. The summed E-state index contributed by atoms with van der Waals surface area (Å²) in [6.07, 6.45) is 0. The normalized spacial score (nSPS) is 11.4. The van der Waals surface area contributed by atoms with E-state index in [2.05, 4.69) is 17.3 Å². The topological polar surface area (TPSA) is 62.9 Å². The van der Waals surface area contributed by atoms with Crippen molar-refractivity contribution in [3.63, 3.8) is 0 Å². The maximum Gasteiger partial charge on any atom is 0.213 e. The van der Waals surface area contributed by atoms with E-state index in [-0.39, 0.29) is 0 Å². The Labute approximate surface area is 102 Å². The summed E-state index contributed by atoms with van der Waals surface area (Å²) in [6, 6.07) is 10.00. The summed E-state index contributed by atoms with van der Waals surface area (Å²) in [6.45, 7) is 4.01. The fraction of sp³-hybridized carbons (Fsp3) is 0.417. The van der Waals surface area contributed by atoms with E-state index in [9.17, 15) is 0 Å². The van der Waals surface area contributed by atoms with Gasteiger partial charge in [0.15, 0.2) is 0 Å². The van der Waals surface area contributed by atoms with Crippen LogP contribution in [0.15, 0.2) is 35.3 Å². The van der Waals surface area contributed by atoms with E-state index in [1.54, 1.807) is 7.11 Å². The molecule has 0 aromatic heterocycles. The summed E-state index contributed by atoms with van der Waals surface area (Å²) < 4.78 is 4.96. The van der Waals surface area contributed by atoms with Gasteiger partial charge in [-0.1, -0.05) is 18.2 Å². The first-order valence-electron chi connectivity index (χ1n) is 5.66. The van der Waals surface area contributed by atoms with Gasteiger partial charge in [-0.25, -0.2) is 10.8 Å². The lowest BCUT2D eigenvalue weighted by atomic mass is 10.3. The molecule has 0 unspecified atom stereocenters. The van der Waals surface area contributed by atoms with Crippen LogP contribution in [-0.4, -0.2) is 32.8 Å². The van der Waals surface area contributed by atoms with Gasteiger partial charge >= 0.3 is 0 Å². The van der Waals surface area contributed by atoms with Gasteiger partial charge in [0.05, 0.1) is 13.2 Å². The quantitative estimate of drug-likeness (QED) is 0.263. The highest BCUT2D eigenvalue weighted by atomic mass is 16.5. The molecule has 0 saturated carbocycles. The molecule has 0 aliphatic rings. The van der Waals surface area contributed by atoms with E-state index in [1.807, 2.05) is 35.2 Å². The van der Waals surface area contributed by atoms with E-state index in [4.69, 9.17) is 10.6 Å². The molecule has 0 aliphatic heterocycles. The van der Waals surface area contributed by atoms with Crippen LogP contribution in [0.4, 0.5) is 5.69 Å². The van der Waals surface area contributed by atoms with Crippen molar-refractivity contribution in [2.75, 3.05) is 31.7 Å². The predicted molar refractivity (Wildman–Crippen MR) is 71.0 cm³/mol. The Bertz CT molecular complexity index is 340. The van der Waals surface area contributed by atoms with E-state index in [0.29, 0.717) is 19.1 Å². The van der Waals surface area contributed by atoms with Crippen molar-refractivity contribution in [2.24, 2.45) is 10.8 Å². The first kappa shape index (κ1) is 13.5. The number of rotatable bonds is 5. The Morgan fingerprint density at radius 1 is 1.41 bits per heavy atom. The smallest absolute Gasteiger partial charge is 0.213 e. The number of nitrogens with one attached hydrogen (secondary N) is 1. The number of para-hydroxylation sites is 1. The molecule has 17 heavy (non-hydrogen) atoms. The van der Waals surface area contributed by atoms with E-state index >= 15 is 0 Å². The lowest BCUT2D eigenvalue weighted by Crippen LogP contribution is -2.45. The number of hydrazine groups is 1. The van der Waals surface area contributed by atoms with Crippen LogP contribution in [0.3, 0.4) is 0 Å². The summed E-state index contributed by atoms with van der Waals surface area (Å²) in [5, 5.41) is 0. The van der Waals surface area contributed by atoms with Crippen LogP contribution in [0, 0.1) is 0 Å². The lowest BCUT2D eigenvalue weighted by molar-refractivity contribution is 0.208. The minimum Gasteiger partial charge on any atom is -0.383 e. The van der Waals surface area contributed by atoms with Gasteiger partial charge < -0.3 is 9.64 Å². The maximum absolute atomic E-state index is 5.51. The molecule has 0 saturated heterocycles. The molecule has 0 aliphatic carbocycles. The standard InChI is InChI=1S/C12H20N4O/c1-3-16(11-7-5-4-6-8-11)12(15-13)14-9-10-17-2/h4-8H,3,9-10,13H2,1-2H3,(H,14,15). The average molecular weight is 236 g/mol. The molecule has 0 spiro atoms. The molecule has 1 aromatic rings. The summed E-state index contributed by atoms with van der Waals surface area (Å²) in [5.74, 6) is 6.15. The zero-order chi connectivity index (χ0) is 12.5. The van der Waals surface area contributed by atoms with Crippen molar-refractivity contribution < 1.29 is 4.74 Å². The monoisotopic (exact) mass is 236 g/mol. The fourth-order valence-corrected chi connectivity index (χ4v) is 1.51. The minimum atomic E-state index is 0.581. The molecule has 0 bridgehead atoms. The molecule has 1 rings (SSSR count). The van der Waals surface area contributed by atoms with Gasteiger partial charge in [-0.2, -0.15) is 0 Å². The van der Waals surface area contributed by atoms with Crippen molar-refractivity contribution in [1.82, 2.24) is 5.43 Å². The number of benzene rings is 1. The number of hydrogen-bond donors (Lipinski definition) is 2. The van der Waals surface area contributed by atoms with Crippen LogP contribution in [0.25, 0.3) is 0 Å². The van der Waals surface area contributed by atoms with Crippen LogP contribution in [-0.2, 0) is 4.74 Å². The number of hydrogen-bond acceptors (Lipinski definition) is 3. The summed E-state index contributed by atoms with van der Waals surface area (Å²) in [5.41, 5.74) is 3.69. The fourth-order valence-electron chi connectivity index (χ4n) is 1.51.